The van der Waals surface area contributed by atoms with Crippen molar-refractivity contribution in [3.63, 3.8) is 0 Å². The Hall–Kier alpha value is -1.88. The van der Waals surface area contributed by atoms with Gasteiger partial charge in [-0.3, -0.25) is 4.98 Å². The third-order valence-corrected chi connectivity index (χ3v) is 3.97. The SMILES string of the molecule is C[C@@H](NC(=O)NCCc1ccccc1Br)c1ccncc1. The van der Waals surface area contributed by atoms with Gasteiger partial charge in [-0.15, -0.1) is 0 Å². The lowest BCUT2D eigenvalue weighted by Gasteiger charge is -2.15. The summed E-state index contributed by atoms with van der Waals surface area (Å²) in [6, 6.07) is 11.6. The molecule has 1 aromatic heterocycles. The summed E-state index contributed by atoms with van der Waals surface area (Å²) in [5, 5.41) is 5.78. The van der Waals surface area contributed by atoms with Crippen molar-refractivity contribution < 1.29 is 4.79 Å². The van der Waals surface area contributed by atoms with Gasteiger partial charge in [-0.2, -0.15) is 0 Å². The lowest BCUT2D eigenvalue weighted by atomic mass is 10.1. The smallest absolute Gasteiger partial charge is 0.315 e. The van der Waals surface area contributed by atoms with Gasteiger partial charge >= 0.3 is 6.03 Å². The summed E-state index contributed by atoms with van der Waals surface area (Å²) in [5.41, 5.74) is 2.21. The molecule has 21 heavy (non-hydrogen) atoms. The second-order valence-corrected chi connectivity index (χ2v) is 5.60. The molecule has 2 aromatic rings. The van der Waals surface area contributed by atoms with Crippen LogP contribution in [0.5, 0.6) is 0 Å². The van der Waals surface area contributed by atoms with Crippen molar-refractivity contribution >= 4 is 22.0 Å². The van der Waals surface area contributed by atoms with Gasteiger partial charge in [0, 0.05) is 23.4 Å². The molecule has 4 nitrogen and oxygen atoms in total. The van der Waals surface area contributed by atoms with Crippen molar-refractivity contribution in [1.29, 1.82) is 0 Å². The van der Waals surface area contributed by atoms with E-state index in [-0.39, 0.29) is 12.1 Å². The van der Waals surface area contributed by atoms with Gasteiger partial charge in [0.1, 0.15) is 0 Å². The molecule has 0 spiro atoms. The topological polar surface area (TPSA) is 54.0 Å². The summed E-state index contributed by atoms with van der Waals surface area (Å²) >= 11 is 3.50. The van der Waals surface area contributed by atoms with Crippen LogP contribution in [0.15, 0.2) is 53.3 Å². The van der Waals surface area contributed by atoms with Gasteiger partial charge in [-0.1, -0.05) is 34.1 Å². The zero-order valence-corrected chi connectivity index (χ0v) is 13.4. The highest BCUT2D eigenvalue weighted by Crippen LogP contribution is 2.15. The Morgan fingerprint density at radius 2 is 1.95 bits per heavy atom. The first-order valence-corrected chi connectivity index (χ1v) is 7.64. The average Bonchev–Trinajstić information content (AvgIpc) is 2.50. The Bertz CT molecular complexity index is 589. The number of halogens is 1. The maximum absolute atomic E-state index is 11.9. The minimum atomic E-state index is -0.161. The number of carbonyl (C=O) groups is 1. The standard InChI is InChI=1S/C16H18BrN3O/c1-12(13-6-9-18-10-7-13)20-16(21)19-11-8-14-4-2-3-5-15(14)17/h2-7,9-10,12H,8,11H2,1H3,(H2,19,20,21)/t12-/m1/s1. The predicted octanol–water partition coefficient (Wildman–Crippen LogP) is 3.45. The third-order valence-electron chi connectivity index (χ3n) is 3.19. The Balaban J connectivity index is 1.76. The van der Waals surface area contributed by atoms with Crippen LogP contribution in [0.4, 0.5) is 4.79 Å². The molecule has 2 N–H and O–H groups in total. The minimum absolute atomic E-state index is 0.0449. The molecule has 0 radical (unpaired) electrons. The molecule has 1 atom stereocenters. The van der Waals surface area contributed by atoms with Crippen LogP contribution in [-0.2, 0) is 6.42 Å². The van der Waals surface area contributed by atoms with E-state index in [1.807, 2.05) is 43.3 Å². The van der Waals surface area contributed by atoms with Gasteiger partial charge in [-0.25, -0.2) is 4.79 Å². The van der Waals surface area contributed by atoms with E-state index in [0.717, 1.165) is 16.5 Å². The first-order valence-electron chi connectivity index (χ1n) is 6.84. The fraction of sp³-hybridized carbons (Fsp3) is 0.250. The van der Waals surface area contributed by atoms with E-state index in [9.17, 15) is 4.79 Å². The fourth-order valence-corrected chi connectivity index (χ4v) is 2.48. The molecule has 0 saturated carbocycles. The van der Waals surface area contributed by atoms with Crippen LogP contribution in [0.1, 0.15) is 24.1 Å². The van der Waals surface area contributed by atoms with E-state index in [4.69, 9.17) is 0 Å². The molecular weight excluding hydrogens is 330 g/mol. The monoisotopic (exact) mass is 347 g/mol. The normalized spacial score (nSPS) is 11.7. The lowest BCUT2D eigenvalue weighted by molar-refractivity contribution is 0.238. The number of pyridine rings is 1. The number of hydrogen-bond donors (Lipinski definition) is 2. The van der Waals surface area contributed by atoms with Crippen LogP contribution in [0.2, 0.25) is 0 Å². The number of rotatable bonds is 5. The summed E-state index contributed by atoms with van der Waals surface area (Å²) in [7, 11) is 0. The van der Waals surface area contributed by atoms with Crippen LogP contribution in [0.25, 0.3) is 0 Å². The number of amides is 2. The van der Waals surface area contributed by atoms with E-state index in [2.05, 4.69) is 31.5 Å². The van der Waals surface area contributed by atoms with Gasteiger partial charge in [0.15, 0.2) is 0 Å². The average molecular weight is 348 g/mol. The molecule has 0 aliphatic heterocycles. The van der Waals surface area contributed by atoms with Gasteiger partial charge in [0.25, 0.3) is 0 Å². The number of aromatic nitrogens is 1. The van der Waals surface area contributed by atoms with Crippen molar-refractivity contribution in [2.45, 2.75) is 19.4 Å². The summed E-state index contributed by atoms with van der Waals surface area (Å²) < 4.78 is 1.07. The molecule has 0 bridgehead atoms. The molecule has 2 amide bonds. The molecule has 1 heterocycles. The molecule has 0 unspecified atom stereocenters. The third kappa shape index (κ3) is 4.86. The second-order valence-electron chi connectivity index (χ2n) is 4.74. The molecule has 110 valence electrons. The summed E-state index contributed by atoms with van der Waals surface area (Å²) in [5.74, 6) is 0. The molecule has 0 aliphatic rings. The van der Waals surface area contributed by atoms with Crippen molar-refractivity contribution in [2.75, 3.05) is 6.54 Å². The Kier molecular flexibility index (Phi) is 5.75. The van der Waals surface area contributed by atoms with Crippen LogP contribution < -0.4 is 10.6 Å². The lowest BCUT2D eigenvalue weighted by Crippen LogP contribution is -2.38. The number of benzene rings is 1. The van der Waals surface area contributed by atoms with Gasteiger partial charge < -0.3 is 10.6 Å². The molecule has 0 saturated heterocycles. The van der Waals surface area contributed by atoms with Gasteiger partial charge in [-0.05, 0) is 42.7 Å². The Morgan fingerprint density at radius 1 is 1.24 bits per heavy atom. The number of hydrogen-bond acceptors (Lipinski definition) is 2. The number of nitrogens with zero attached hydrogens (tertiary/aromatic N) is 1. The molecular formula is C16H18BrN3O. The highest BCUT2D eigenvalue weighted by Gasteiger charge is 2.08. The molecule has 0 fully saturated rings. The van der Waals surface area contributed by atoms with Crippen LogP contribution in [-0.4, -0.2) is 17.6 Å². The molecule has 1 aromatic carbocycles. The van der Waals surface area contributed by atoms with Crippen LogP contribution >= 0.6 is 15.9 Å². The highest BCUT2D eigenvalue weighted by molar-refractivity contribution is 9.10. The summed E-state index contributed by atoms with van der Waals surface area (Å²) in [4.78, 5) is 15.8. The van der Waals surface area contributed by atoms with Crippen molar-refractivity contribution in [2.24, 2.45) is 0 Å². The Morgan fingerprint density at radius 3 is 2.67 bits per heavy atom. The maximum Gasteiger partial charge on any atom is 0.315 e. The van der Waals surface area contributed by atoms with E-state index in [1.165, 1.54) is 5.56 Å². The van der Waals surface area contributed by atoms with E-state index < -0.39 is 0 Å². The minimum Gasteiger partial charge on any atom is -0.338 e. The fourth-order valence-electron chi connectivity index (χ4n) is 1.99. The van der Waals surface area contributed by atoms with Crippen LogP contribution in [0, 0.1) is 0 Å². The zero-order chi connectivity index (χ0) is 15.1. The predicted molar refractivity (Wildman–Crippen MR) is 87.0 cm³/mol. The summed E-state index contributed by atoms with van der Waals surface area (Å²) in [6.45, 7) is 2.54. The zero-order valence-electron chi connectivity index (χ0n) is 11.8. The number of urea groups is 1. The largest absolute Gasteiger partial charge is 0.338 e. The van der Waals surface area contributed by atoms with Gasteiger partial charge in [0.2, 0.25) is 0 Å². The van der Waals surface area contributed by atoms with Crippen molar-refractivity contribution in [3.8, 4) is 0 Å². The van der Waals surface area contributed by atoms with E-state index in [0.29, 0.717) is 6.54 Å². The van der Waals surface area contributed by atoms with E-state index >= 15 is 0 Å². The van der Waals surface area contributed by atoms with Crippen molar-refractivity contribution in [3.05, 3.63) is 64.4 Å². The number of carbonyl (C=O) groups excluding carboxylic acids is 1. The maximum atomic E-state index is 11.9. The Labute approximate surface area is 133 Å². The molecule has 2 rings (SSSR count). The summed E-state index contributed by atoms with van der Waals surface area (Å²) in [6.07, 6.45) is 4.23. The first-order chi connectivity index (χ1) is 10.2. The molecule has 5 heteroatoms. The quantitative estimate of drug-likeness (QED) is 0.870. The first kappa shape index (κ1) is 15.5. The number of nitrogens with one attached hydrogen (secondary N) is 2. The van der Waals surface area contributed by atoms with Crippen molar-refractivity contribution in [1.82, 2.24) is 15.6 Å². The molecule has 0 aliphatic carbocycles. The van der Waals surface area contributed by atoms with E-state index in [1.54, 1.807) is 12.4 Å². The van der Waals surface area contributed by atoms with Gasteiger partial charge in [0.05, 0.1) is 6.04 Å². The second kappa shape index (κ2) is 7.78. The van der Waals surface area contributed by atoms with Crippen LogP contribution in [0.3, 0.4) is 0 Å². The highest BCUT2D eigenvalue weighted by atomic mass is 79.9.